The number of aromatic nitrogens is 1. The minimum absolute atomic E-state index is 0.226. The third kappa shape index (κ3) is 9.92. The van der Waals surface area contributed by atoms with Crippen LogP contribution in [0.15, 0.2) is 18.2 Å². The lowest BCUT2D eigenvalue weighted by atomic mass is 10.2. The molecule has 28 heavy (non-hydrogen) atoms. The molecule has 150 valence electrons. The fourth-order valence-corrected chi connectivity index (χ4v) is 1.84. The van der Waals surface area contributed by atoms with Crippen LogP contribution in [0.3, 0.4) is 0 Å². The first kappa shape index (κ1) is 24.2. The van der Waals surface area contributed by atoms with Gasteiger partial charge in [0.2, 0.25) is 0 Å². The molecule has 5 nitrogen and oxygen atoms in total. The van der Waals surface area contributed by atoms with Crippen molar-refractivity contribution in [1.29, 1.82) is 0 Å². The van der Waals surface area contributed by atoms with Gasteiger partial charge in [-0.2, -0.15) is 0 Å². The second-order valence-corrected chi connectivity index (χ2v) is 10.7. The standard InChI is InChI=1S/C21H23Br2NO4/c1-20(2,22)18(25)27-14-7-5-10-16-12-9-13-17(24-16)11-6-8-15-28-19(26)21(3,4)23/h9,12-13H,7-8,14-15H2,1-4H3. The van der Waals surface area contributed by atoms with Gasteiger partial charge in [-0.3, -0.25) is 9.59 Å². The van der Waals surface area contributed by atoms with Crippen LogP contribution in [0, 0.1) is 23.7 Å². The third-order valence-electron chi connectivity index (χ3n) is 3.07. The van der Waals surface area contributed by atoms with Gasteiger partial charge in [-0.15, -0.1) is 0 Å². The molecule has 0 N–H and O–H groups in total. The zero-order chi connectivity index (χ0) is 21.2. The van der Waals surface area contributed by atoms with Gasteiger partial charge in [0.25, 0.3) is 0 Å². The first-order valence-electron chi connectivity index (χ1n) is 8.67. The normalized spacial score (nSPS) is 10.8. The van der Waals surface area contributed by atoms with Gasteiger partial charge in [-0.1, -0.05) is 49.8 Å². The van der Waals surface area contributed by atoms with E-state index in [9.17, 15) is 9.59 Å². The van der Waals surface area contributed by atoms with Crippen molar-refractivity contribution in [1.82, 2.24) is 4.98 Å². The molecule has 1 heterocycles. The summed E-state index contributed by atoms with van der Waals surface area (Å²) in [5, 5.41) is 0. The number of carbonyl (C=O) groups is 2. The summed E-state index contributed by atoms with van der Waals surface area (Å²) >= 11 is 6.49. The maximum atomic E-state index is 11.6. The topological polar surface area (TPSA) is 65.5 Å². The van der Waals surface area contributed by atoms with Gasteiger partial charge in [0.05, 0.1) is 0 Å². The molecule has 0 spiro atoms. The zero-order valence-corrected chi connectivity index (χ0v) is 19.6. The summed E-state index contributed by atoms with van der Waals surface area (Å²) in [6.07, 6.45) is 0.837. The highest BCUT2D eigenvalue weighted by atomic mass is 79.9. The lowest BCUT2D eigenvalue weighted by Gasteiger charge is -2.13. The van der Waals surface area contributed by atoms with Crippen LogP contribution < -0.4 is 0 Å². The van der Waals surface area contributed by atoms with Crippen LogP contribution in [0.2, 0.25) is 0 Å². The average molecular weight is 513 g/mol. The highest BCUT2D eigenvalue weighted by Gasteiger charge is 2.25. The Morgan fingerprint density at radius 2 is 1.29 bits per heavy atom. The molecule has 1 aromatic rings. The van der Waals surface area contributed by atoms with E-state index in [4.69, 9.17) is 9.47 Å². The van der Waals surface area contributed by atoms with Crippen molar-refractivity contribution in [2.24, 2.45) is 0 Å². The van der Waals surface area contributed by atoms with Gasteiger partial charge in [-0.25, -0.2) is 4.98 Å². The summed E-state index contributed by atoms with van der Waals surface area (Å²) in [5.41, 5.74) is 1.18. The second kappa shape index (κ2) is 11.2. The van der Waals surface area contributed by atoms with E-state index in [2.05, 4.69) is 60.5 Å². The lowest BCUT2D eigenvalue weighted by molar-refractivity contribution is -0.146. The summed E-state index contributed by atoms with van der Waals surface area (Å²) in [6.45, 7) is 7.36. The highest BCUT2D eigenvalue weighted by molar-refractivity contribution is 9.10. The van der Waals surface area contributed by atoms with Crippen molar-refractivity contribution in [2.75, 3.05) is 13.2 Å². The van der Waals surface area contributed by atoms with Gasteiger partial charge in [0.15, 0.2) is 0 Å². The number of esters is 2. The molecule has 0 saturated carbocycles. The molecule has 0 unspecified atom stereocenters. The summed E-state index contributed by atoms with van der Waals surface area (Å²) in [7, 11) is 0. The van der Waals surface area contributed by atoms with Gasteiger partial charge in [0, 0.05) is 12.8 Å². The number of ether oxygens (including phenoxy) is 2. The maximum absolute atomic E-state index is 11.6. The van der Waals surface area contributed by atoms with E-state index in [0.29, 0.717) is 24.2 Å². The van der Waals surface area contributed by atoms with Crippen molar-refractivity contribution in [3.63, 3.8) is 0 Å². The third-order valence-corrected chi connectivity index (χ3v) is 3.72. The summed E-state index contributed by atoms with van der Waals surface area (Å²) in [5.74, 6) is 11.0. The predicted molar refractivity (Wildman–Crippen MR) is 115 cm³/mol. The van der Waals surface area contributed by atoms with E-state index in [1.165, 1.54) is 0 Å². The number of pyridine rings is 1. The molecule has 0 aliphatic carbocycles. The second-order valence-electron chi connectivity index (χ2n) is 6.73. The van der Waals surface area contributed by atoms with E-state index < -0.39 is 8.65 Å². The van der Waals surface area contributed by atoms with Crippen molar-refractivity contribution >= 4 is 43.8 Å². The van der Waals surface area contributed by atoms with Gasteiger partial charge in [0.1, 0.15) is 33.3 Å². The van der Waals surface area contributed by atoms with E-state index in [1.807, 2.05) is 6.07 Å². The molecule has 0 aliphatic rings. The van der Waals surface area contributed by atoms with Crippen LogP contribution in [0.1, 0.15) is 51.9 Å². The van der Waals surface area contributed by atoms with Crippen molar-refractivity contribution in [3.05, 3.63) is 29.6 Å². The Hall–Kier alpha value is -1.83. The van der Waals surface area contributed by atoms with Gasteiger partial charge in [-0.05, 0) is 51.7 Å². The van der Waals surface area contributed by atoms with E-state index in [1.54, 1.807) is 39.8 Å². The number of halogens is 2. The molecular formula is C21H23Br2NO4. The molecule has 0 amide bonds. The van der Waals surface area contributed by atoms with E-state index in [-0.39, 0.29) is 25.2 Å². The summed E-state index contributed by atoms with van der Waals surface area (Å²) < 4.78 is 8.83. The van der Waals surface area contributed by atoms with Crippen molar-refractivity contribution < 1.29 is 19.1 Å². The molecule has 0 aromatic carbocycles. The molecule has 7 heteroatoms. The molecule has 0 saturated heterocycles. The van der Waals surface area contributed by atoms with E-state index in [0.717, 1.165) is 0 Å². The molecule has 0 fully saturated rings. The number of rotatable bonds is 6. The fourth-order valence-electron chi connectivity index (χ4n) is 1.61. The number of hydrogen-bond acceptors (Lipinski definition) is 5. The number of hydrogen-bond donors (Lipinski definition) is 0. The minimum Gasteiger partial charge on any atom is -0.464 e. The van der Waals surface area contributed by atoms with Gasteiger partial charge >= 0.3 is 11.9 Å². The quantitative estimate of drug-likeness (QED) is 0.249. The first-order valence-corrected chi connectivity index (χ1v) is 10.3. The largest absolute Gasteiger partial charge is 0.464 e. The minimum atomic E-state index is -0.697. The molecule has 1 aromatic heterocycles. The predicted octanol–water partition coefficient (Wildman–Crippen LogP) is 4.00. The maximum Gasteiger partial charge on any atom is 0.322 e. The van der Waals surface area contributed by atoms with Crippen LogP contribution in [-0.2, 0) is 19.1 Å². The molecule has 0 bridgehead atoms. The van der Waals surface area contributed by atoms with Crippen LogP contribution in [0.4, 0.5) is 0 Å². The van der Waals surface area contributed by atoms with Crippen LogP contribution in [0.5, 0.6) is 0 Å². The Kier molecular flexibility index (Phi) is 9.72. The smallest absolute Gasteiger partial charge is 0.322 e. The van der Waals surface area contributed by atoms with Gasteiger partial charge < -0.3 is 9.47 Å². The number of carbonyl (C=O) groups excluding carboxylic acids is 2. The van der Waals surface area contributed by atoms with E-state index >= 15 is 0 Å². The molecule has 0 atom stereocenters. The molecular weight excluding hydrogens is 490 g/mol. The van der Waals surface area contributed by atoms with Crippen molar-refractivity contribution in [3.8, 4) is 23.7 Å². The van der Waals surface area contributed by atoms with Crippen molar-refractivity contribution in [2.45, 2.75) is 49.2 Å². The Morgan fingerprint density at radius 3 is 1.64 bits per heavy atom. The summed E-state index contributed by atoms with van der Waals surface area (Å²) in [6, 6.07) is 5.39. The molecule has 0 radical (unpaired) electrons. The Balaban J connectivity index is 2.47. The fraction of sp³-hybridized carbons (Fsp3) is 0.476. The number of alkyl halides is 2. The Bertz CT molecular complexity index is 750. The monoisotopic (exact) mass is 511 g/mol. The zero-order valence-electron chi connectivity index (χ0n) is 16.4. The molecule has 1 rings (SSSR count). The SMILES string of the molecule is CC(C)(Br)C(=O)OCCC#Cc1cccc(C#CCCOC(=O)C(C)(C)Br)n1. The van der Waals surface area contributed by atoms with Crippen LogP contribution >= 0.6 is 31.9 Å². The van der Waals surface area contributed by atoms with Crippen LogP contribution in [0.25, 0.3) is 0 Å². The Morgan fingerprint density at radius 1 is 0.893 bits per heavy atom. The lowest BCUT2D eigenvalue weighted by Crippen LogP contribution is -2.26. The highest BCUT2D eigenvalue weighted by Crippen LogP contribution is 2.18. The average Bonchev–Trinajstić information content (AvgIpc) is 2.59. The van der Waals surface area contributed by atoms with Crippen LogP contribution in [-0.4, -0.2) is 38.8 Å². The summed E-state index contributed by atoms with van der Waals surface area (Å²) in [4.78, 5) is 27.5. The molecule has 0 aliphatic heterocycles. The first-order chi connectivity index (χ1) is 13.0. The number of nitrogens with zero attached hydrogens (tertiary/aromatic N) is 1. The Labute approximate surface area is 183 Å².